The molecular formula is C12H14N2O3S. The smallest absolute Gasteiger partial charge is 0.247 e. The van der Waals surface area contributed by atoms with E-state index in [1.165, 1.54) is 0 Å². The second-order valence-corrected chi connectivity index (χ2v) is 5.61. The number of primary sulfonamides is 1. The van der Waals surface area contributed by atoms with Crippen LogP contribution in [0.1, 0.15) is 13.3 Å². The van der Waals surface area contributed by atoms with Crippen molar-refractivity contribution in [2.45, 2.75) is 18.8 Å². The van der Waals surface area contributed by atoms with Crippen molar-refractivity contribution >= 4 is 20.9 Å². The zero-order valence-corrected chi connectivity index (χ0v) is 10.7. The zero-order valence-electron chi connectivity index (χ0n) is 9.91. The second-order valence-electron chi connectivity index (χ2n) is 3.90. The Morgan fingerprint density at radius 3 is 2.83 bits per heavy atom. The summed E-state index contributed by atoms with van der Waals surface area (Å²) in [5.74, 6) is 0.446. The molecule has 0 bridgehead atoms. The molecule has 0 amide bonds. The highest BCUT2D eigenvalue weighted by atomic mass is 32.2. The maximum absolute atomic E-state index is 11.3. The van der Waals surface area contributed by atoms with Gasteiger partial charge in [-0.05, 0) is 24.6 Å². The topological polar surface area (TPSA) is 82.3 Å². The lowest BCUT2D eigenvalue weighted by Gasteiger charge is -2.15. The lowest BCUT2D eigenvalue weighted by atomic mass is 10.2. The Bertz CT molecular complexity index is 655. The zero-order chi connectivity index (χ0) is 13.2. The van der Waals surface area contributed by atoms with Gasteiger partial charge in [0.1, 0.15) is 5.75 Å². The van der Waals surface area contributed by atoms with Crippen molar-refractivity contribution in [3.63, 3.8) is 0 Å². The molecule has 18 heavy (non-hydrogen) atoms. The van der Waals surface area contributed by atoms with E-state index in [1.807, 2.05) is 18.2 Å². The second kappa shape index (κ2) is 4.91. The van der Waals surface area contributed by atoms with Crippen LogP contribution >= 0.6 is 0 Å². The van der Waals surface area contributed by atoms with Crippen LogP contribution in [-0.4, -0.2) is 18.8 Å². The average molecular weight is 266 g/mol. The Morgan fingerprint density at radius 2 is 2.17 bits per heavy atom. The van der Waals surface area contributed by atoms with Crippen molar-refractivity contribution in [1.29, 1.82) is 0 Å². The largest absolute Gasteiger partial charge is 0.473 e. The van der Waals surface area contributed by atoms with E-state index in [1.54, 1.807) is 25.3 Å². The Hall–Kier alpha value is -1.66. The van der Waals surface area contributed by atoms with Gasteiger partial charge in [-0.3, -0.25) is 4.98 Å². The van der Waals surface area contributed by atoms with E-state index in [0.717, 1.165) is 10.9 Å². The quantitative estimate of drug-likeness (QED) is 0.912. The first-order chi connectivity index (χ1) is 8.50. The minimum absolute atomic E-state index is 0.291. The third-order valence-corrected chi connectivity index (χ3v) is 3.71. The summed E-state index contributed by atoms with van der Waals surface area (Å²) in [7, 11) is -3.71. The van der Waals surface area contributed by atoms with Crippen LogP contribution in [-0.2, 0) is 10.0 Å². The summed E-state index contributed by atoms with van der Waals surface area (Å²) in [5, 5.41) is 6.05. The average Bonchev–Trinajstić information content (AvgIpc) is 2.34. The molecule has 6 heteroatoms. The Labute approximate surface area is 106 Å². The summed E-state index contributed by atoms with van der Waals surface area (Å²) in [6.45, 7) is 1.70. The van der Waals surface area contributed by atoms with Crippen molar-refractivity contribution < 1.29 is 13.2 Å². The molecule has 1 atom stereocenters. The van der Waals surface area contributed by atoms with Crippen molar-refractivity contribution in [2.75, 3.05) is 0 Å². The van der Waals surface area contributed by atoms with Gasteiger partial charge < -0.3 is 4.74 Å². The summed E-state index contributed by atoms with van der Waals surface area (Å²) >= 11 is 0. The number of pyridine rings is 1. The molecule has 0 aliphatic heterocycles. The fourth-order valence-electron chi connectivity index (χ4n) is 1.65. The van der Waals surface area contributed by atoms with Crippen LogP contribution in [0.15, 0.2) is 36.5 Å². The molecular weight excluding hydrogens is 252 g/mol. The van der Waals surface area contributed by atoms with Gasteiger partial charge in [-0.2, -0.15) is 0 Å². The molecule has 2 rings (SSSR count). The number of sulfonamides is 1. The van der Waals surface area contributed by atoms with E-state index in [4.69, 9.17) is 9.88 Å². The number of hydrogen-bond donors (Lipinski definition) is 1. The molecule has 2 N–H and O–H groups in total. The van der Waals surface area contributed by atoms with E-state index in [9.17, 15) is 8.42 Å². The highest BCUT2D eigenvalue weighted by Crippen LogP contribution is 2.21. The van der Waals surface area contributed by atoms with E-state index in [0.29, 0.717) is 12.2 Å². The lowest BCUT2D eigenvalue weighted by molar-refractivity contribution is 0.269. The number of nitrogens with zero attached hydrogens (tertiary/aromatic N) is 1. The fourth-order valence-corrected chi connectivity index (χ4v) is 2.36. The molecule has 1 heterocycles. The molecule has 96 valence electrons. The molecule has 5 nitrogen and oxygen atoms in total. The first-order valence-electron chi connectivity index (χ1n) is 5.54. The predicted molar refractivity (Wildman–Crippen MR) is 69.6 cm³/mol. The number of benzene rings is 1. The van der Waals surface area contributed by atoms with Crippen molar-refractivity contribution in [3.05, 3.63) is 36.5 Å². The van der Waals surface area contributed by atoms with Crippen LogP contribution in [0.4, 0.5) is 0 Å². The Morgan fingerprint density at radius 1 is 1.39 bits per heavy atom. The summed E-state index contributed by atoms with van der Waals surface area (Å²) in [4.78, 5) is 4.18. The normalized spacial score (nSPS) is 13.4. The highest BCUT2D eigenvalue weighted by Gasteiger charge is 2.21. The van der Waals surface area contributed by atoms with Gasteiger partial charge in [-0.15, -0.1) is 0 Å². The first-order valence-corrected chi connectivity index (χ1v) is 7.14. The van der Waals surface area contributed by atoms with Crippen molar-refractivity contribution in [3.8, 4) is 5.75 Å². The van der Waals surface area contributed by atoms with Gasteiger partial charge in [0.25, 0.3) is 0 Å². The van der Waals surface area contributed by atoms with E-state index in [2.05, 4.69) is 4.98 Å². The van der Waals surface area contributed by atoms with Gasteiger partial charge >= 0.3 is 0 Å². The molecule has 1 aromatic heterocycles. The molecule has 1 unspecified atom stereocenters. The van der Waals surface area contributed by atoms with Crippen LogP contribution in [0.2, 0.25) is 0 Å². The maximum atomic E-state index is 11.3. The van der Waals surface area contributed by atoms with Gasteiger partial charge in [0.05, 0.1) is 5.52 Å². The summed E-state index contributed by atoms with van der Waals surface area (Å²) in [6.07, 6.45) is 1.96. The Balaban J connectivity index is 2.32. The van der Waals surface area contributed by atoms with E-state index in [-0.39, 0.29) is 0 Å². The Kier molecular flexibility index (Phi) is 3.49. The molecule has 2 aromatic rings. The first kappa shape index (κ1) is 12.8. The molecule has 1 aromatic carbocycles. The van der Waals surface area contributed by atoms with Gasteiger partial charge in [-0.25, -0.2) is 13.6 Å². The van der Waals surface area contributed by atoms with Gasteiger partial charge in [-0.1, -0.05) is 13.0 Å². The van der Waals surface area contributed by atoms with E-state index < -0.39 is 15.5 Å². The fraction of sp³-hybridized carbons (Fsp3) is 0.250. The molecule has 0 aliphatic rings. The number of rotatable bonds is 4. The number of fused-ring (bicyclic) bond motifs is 1. The van der Waals surface area contributed by atoms with Crippen LogP contribution < -0.4 is 9.88 Å². The highest BCUT2D eigenvalue weighted by molar-refractivity contribution is 7.89. The number of nitrogens with two attached hydrogens (primary N) is 1. The number of aromatic nitrogens is 1. The molecule has 0 saturated carbocycles. The molecule has 0 radical (unpaired) electrons. The summed E-state index contributed by atoms with van der Waals surface area (Å²) in [5.41, 5.74) is -0.280. The molecule has 0 saturated heterocycles. The molecule has 0 spiro atoms. The third kappa shape index (κ3) is 2.77. The molecule has 0 fully saturated rings. The summed E-state index contributed by atoms with van der Waals surface area (Å²) < 4.78 is 27.9. The molecule has 0 aliphatic carbocycles. The van der Waals surface area contributed by atoms with Crippen molar-refractivity contribution in [2.24, 2.45) is 5.14 Å². The van der Waals surface area contributed by atoms with Crippen LogP contribution in [0.5, 0.6) is 5.75 Å². The third-order valence-electron chi connectivity index (χ3n) is 2.54. The monoisotopic (exact) mass is 266 g/mol. The van der Waals surface area contributed by atoms with E-state index >= 15 is 0 Å². The van der Waals surface area contributed by atoms with Crippen LogP contribution in [0.25, 0.3) is 10.9 Å². The number of ether oxygens (including phenoxy) is 1. The predicted octanol–water partition coefficient (Wildman–Crippen LogP) is 1.64. The van der Waals surface area contributed by atoms with Gasteiger partial charge in [0, 0.05) is 17.6 Å². The van der Waals surface area contributed by atoms with Gasteiger partial charge in [0.2, 0.25) is 15.5 Å². The SMILES string of the molecule is CCC(Oc1ccc2cccnc2c1)S(N)(=O)=O. The van der Waals surface area contributed by atoms with Crippen LogP contribution in [0, 0.1) is 0 Å². The standard InChI is InChI=1S/C12H14N2O3S/c1-2-12(18(13,15)16)17-10-6-5-9-4-3-7-14-11(9)8-10/h3-8,12H,2H2,1H3,(H2,13,15,16). The minimum atomic E-state index is -3.71. The van der Waals surface area contributed by atoms with Crippen LogP contribution in [0.3, 0.4) is 0 Å². The number of hydrogen-bond acceptors (Lipinski definition) is 4. The lowest BCUT2D eigenvalue weighted by Crippen LogP contribution is -2.32. The summed E-state index contributed by atoms with van der Waals surface area (Å²) in [6, 6.07) is 8.99. The van der Waals surface area contributed by atoms with Gasteiger partial charge in [0.15, 0.2) is 0 Å². The maximum Gasteiger partial charge on any atom is 0.247 e. The minimum Gasteiger partial charge on any atom is -0.473 e. The van der Waals surface area contributed by atoms with Crippen molar-refractivity contribution in [1.82, 2.24) is 4.98 Å².